The van der Waals surface area contributed by atoms with E-state index < -0.39 is 0 Å². The molecule has 0 aliphatic heterocycles. The van der Waals surface area contributed by atoms with Gasteiger partial charge in [0.2, 0.25) is 0 Å². The van der Waals surface area contributed by atoms with Crippen LogP contribution in [-0.2, 0) is 11.4 Å². The molecule has 5 heteroatoms. The van der Waals surface area contributed by atoms with Gasteiger partial charge in [0.05, 0.1) is 12.8 Å². The number of aryl methyl sites for hydroxylation is 1. The number of rotatable bonds is 4. The number of hydrogen-bond donors (Lipinski definition) is 1. The first-order valence-corrected chi connectivity index (χ1v) is 5.14. The Morgan fingerprint density at radius 2 is 2.18 bits per heavy atom. The Labute approximate surface area is 98.3 Å². The van der Waals surface area contributed by atoms with E-state index in [9.17, 15) is 4.79 Å². The first-order chi connectivity index (χ1) is 8.27. The highest BCUT2D eigenvalue weighted by molar-refractivity contribution is 5.93. The molecule has 1 aromatic carbocycles. The van der Waals surface area contributed by atoms with Crippen molar-refractivity contribution in [3.8, 4) is 0 Å². The molecule has 2 rings (SSSR count). The van der Waals surface area contributed by atoms with Gasteiger partial charge < -0.3 is 4.52 Å². The van der Waals surface area contributed by atoms with Crippen LogP contribution in [0, 0.1) is 6.92 Å². The molecule has 1 N–H and O–H groups in total. The highest BCUT2D eigenvalue weighted by Gasteiger charge is 2.12. The average molecular weight is 232 g/mol. The van der Waals surface area contributed by atoms with Crippen molar-refractivity contribution in [2.75, 3.05) is 0 Å². The predicted molar refractivity (Wildman–Crippen MR) is 59.9 cm³/mol. The van der Waals surface area contributed by atoms with Crippen LogP contribution in [0.5, 0.6) is 0 Å². The Bertz CT molecular complexity index is 493. The van der Waals surface area contributed by atoms with Crippen molar-refractivity contribution in [2.45, 2.75) is 13.5 Å². The van der Waals surface area contributed by atoms with Gasteiger partial charge in [-0.05, 0) is 12.5 Å². The van der Waals surface area contributed by atoms with Gasteiger partial charge in [0.1, 0.15) is 11.3 Å². The fourth-order valence-electron chi connectivity index (χ4n) is 1.33. The Kier molecular flexibility index (Phi) is 3.52. The minimum atomic E-state index is -0.361. The van der Waals surface area contributed by atoms with E-state index in [-0.39, 0.29) is 5.91 Å². The van der Waals surface area contributed by atoms with Crippen LogP contribution < -0.4 is 5.48 Å². The molecule has 0 aliphatic carbocycles. The van der Waals surface area contributed by atoms with E-state index in [2.05, 4.69) is 10.6 Å². The predicted octanol–water partition coefficient (Wildman–Crippen LogP) is 1.84. The third-order valence-corrected chi connectivity index (χ3v) is 2.24. The Balaban J connectivity index is 1.84. The molecule has 0 fully saturated rings. The summed E-state index contributed by atoms with van der Waals surface area (Å²) < 4.78 is 4.78. The highest BCUT2D eigenvalue weighted by atomic mass is 16.6. The fraction of sp³-hybridized carbons (Fsp3) is 0.167. The lowest BCUT2D eigenvalue weighted by Crippen LogP contribution is -2.23. The summed E-state index contributed by atoms with van der Waals surface area (Å²) in [7, 11) is 0. The third kappa shape index (κ3) is 2.92. The largest absolute Gasteiger partial charge is 0.361 e. The summed E-state index contributed by atoms with van der Waals surface area (Å²) in [5, 5.41) is 3.52. The highest BCUT2D eigenvalue weighted by Crippen LogP contribution is 2.05. The second kappa shape index (κ2) is 5.27. The molecule has 0 radical (unpaired) electrons. The van der Waals surface area contributed by atoms with E-state index in [4.69, 9.17) is 9.36 Å². The molecular weight excluding hydrogens is 220 g/mol. The van der Waals surface area contributed by atoms with Crippen molar-refractivity contribution < 1.29 is 14.2 Å². The van der Waals surface area contributed by atoms with Gasteiger partial charge in [0.25, 0.3) is 5.91 Å². The van der Waals surface area contributed by atoms with Crippen LogP contribution in [0.15, 0.2) is 41.1 Å². The molecule has 88 valence electrons. The van der Waals surface area contributed by atoms with Crippen LogP contribution in [0.25, 0.3) is 0 Å². The maximum Gasteiger partial charge on any atom is 0.280 e. The Morgan fingerprint density at radius 3 is 2.82 bits per heavy atom. The van der Waals surface area contributed by atoms with Crippen molar-refractivity contribution in [3.05, 3.63) is 53.4 Å². The number of nitrogens with one attached hydrogen (secondary N) is 1. The van der Waals surface area contributed by atoms with Crippen LogP contribution in [0.2, 0.25) is 0 Å². The molecule has 0 bridgehead atoms. The summed E-state index contributed by atoms with van der Waals surface area (Å²) >= 11 is 0. The molecule has 0 saturated heterocycles. The zero-order valence-electron chi connectivity index (χ0n) is 9.34. The number of nitrogens with zero attached hydrogens (tertiary/aromatic N) is 1. The molecule has 0 spiro atoms. The van der Waals surface area contributed by atoms with E-state index in [1.165, 1.54) is 6.20 Å². The summed E-state index contributed by atoms with van der Waals surface area (Å²) in [6, 6.07) is 9.56. The van der Waals surface area contributed by atoms with Gasteiger partial charge in [-0.3, -0.25) is 9.63 Å². The lowest BCUT2D eigenvalue weighted by molar-refractivity contribution is 0.0232. The molecule has 17 heavy (non-hydrogen) atoms. The lowest BCUT2D eigenvalue weighted by Gasteiger charge is -2.04. The normalized spacial score (nSPS) is 10.2. The average Bonchev–Trinajstić information content (AvgIpc) is 2.77. The van der Waals surface area contributed by atoms with Crippen LogP contribution in [0.3, 0.4) is 0 Å². The second-order valence-electron chi connectivity index (χ2n) is 3.50. The van der Waals surface area contributed by atoms with Crippen molar-refractivity contribution in [1.82, 2.24) is 10.6 Å². The van der Waals surface area contributed by atoms with Crippen molar-refractivity contribution in [1.29, 1.82) is 0 Å². The quantitative estimate of drug-likeness (QED) is 0.817. The molecular formula is C12H12N2O3. The SMILES string of the molecule is Cc1oncc1C(=O)NOCc1ccccc1. The molecule has 5 nitrogen and oxygen atoms in total. The monoisotopic (exact) mass is 232 g/mol. The van der Waals surface area contributed by atoms with Gasteiger partial charge in [-0.2, -0.15) is 0 Å². The fourth-order valence-corrected chi connectivity index (χ4v) is 1.33. The van der Waals surface area contributed by atoms with Gasteiger partial charge >= 0.3 is 0 Å². The zero-order chi connectivity index (χ0) is 12.1. The van der Waals surface area contributed by atoms with E-state index in [1.807, 2.05) is 30.3 Å². The molecule has 0 aliphatic rings. The summed E-state index contributed by atoms with van der Waals surface area (Å²) in [6.07, 6.45) is 1.36. The standard InChI is InChI=1S/C12H12N2O3/c1-9-11(7-13-17-9)12(15)14-16-8-10-5-3-2-4-6-10/h2-7H,8H2,1H3,(H,14,15). The number of carbonyl (C=O) groups is 1. The van der Waals surface area contributed by atoms with Crippen molar-refractivity contribution >= 4 is 5.91 Å². The van der Waals surface area contributed by atoms with Crippen LogP contribution >= 0.6 is 0 Å². The lowest BCUT2D eigenvalue weighted by atomic mass is 10.2. The molecule has 1 amide bonds. The van der Waals surface area contributed by atoms with Crippen LogP contribution in [-0.4, -0.2) is 11.1 Å². The summed E-state index contributed by atoms with van der Waals surface area (Å²) in [6.45, 7) is 1.98. The zero-order valence-corrected chi connectivity index (χ0v) is 9.34. The van der Waals surface area contributed by atoms with Gasteiger partial charge in [-0.25, -0.2) is 5.48 Å². The van der Waals surface area contributed by atoms with Crippen molar-refractivity contribution in [2.24, 2.45) is 0 Å². The molecule has 0 unspecified atom stereocenters. The maximum atomic E-state index is 11.6. The number of aromatic nitrogens is 1. The van der Waals surface area contributed by atoms with E-state index in [0.29, 0.717) is 17.9 Å². The Hall–Kier alpha value is -2.14. The van der Waals surface area contributed by atoms with Crippen LogP contribution in [0.4, 0.5) is 0 Å². The van der Waals surface area contributed by atoms with Gasteiger partial charge in [0.15, 0.2) is 0 Å². The van der Waals surface area contributed by atoms with E-state index >= 15 is 0 Å². The maximum absolute atomic E-state index is 11.6. The Morgan fingerprint density at radius 1 is 1.41 bits per heavy atom. The second-order valence-corrected chi connectivity index (χ2v) is 3.50. The molecule has 1 heterocycles. The molecule has 2 aromatic rings. The number of hydroxylamine groups is 1. The van der Waals surface area contributed by atoms with Gasteiger partial charge in [0, 0.05) is 0 Å². The number of hydrogen-bond acceptors (Lipinski definition) is 4. The van der Waals surface area contributed by atoms with E-state index in [0.717, 1.165) is 5.56 Å². The molecule has 0 saturated carbocycles. The summed E-state index contributed by atoms with van der Waals surface area (Å²) in [5.41, 5.74) is 3.69. The van der Waals surface area contributed by atoms with Gasteiger partial charge in [-0.15, -0.1) is 0 Å². The first kappa shape index (κ1) is 11.3. The van der Waals surface area contributed by atoms with Crippen LogP contribution in [0.1, 0.15) is 21.7 Å². The topological polar surface area (TPSA) is 64.4 Å². The summed E-state index contributed by atoms with van der Waals surface area (Å²) in [4.78, 5) is 16.7. The molecule has 0 atom stereocenters. The summed E-state index contributed by atoms with van der Waals surface area (Å²) in [5.74, 6) is 0.102. The van der Waals surface area contributed by atoms with E-state index in [1.54, 1.807) is 6.92 Å². The molecule has 1 aromatic heterocycles. The number of benzene rings is 1. The number of amides is 1. The third-order valence-electron chi connectivity index (χ3n) is 2.24. The van der Waals surface area contributed by atoms with Crippen molar-refractivity contribution in [3.63, 3.8) is 0 Å². The van der Waals surface area contributed by atoms with Gasteiger partial charge in [-0.1, -0.05) is 35.5 Å². The first-order valence-electron chi connectivity index (χ1n) is 5.14. The smallest absolute Gasteiger partial charge is 0.280 e. The number of carbonyl (C=O) groups excluding carboxylic acids is 1. The minimum absolute atomic E-state index is 0.316. The minimum Gasteiger partial charge on any atom is -0.361 e.